The normalized spacial score (nSPS) is 10.0. The molecule has 0 aliphatic rings. The van der Waals surface area contributed by atoms with E-state index in [9.17, 15) is 9.59 Å². The first kappa shape index (κ1) is 18.3. The number of methoxy groups -OCH3 is 1. The van der Waals surface area contributed by atoms with Crippen LogP contribution in [-0.4, -0.2) is 44.0 Å². The van der Waals surface area contributed by atoms with Crippen LogP contribution in [0.25, 0.3) is 0 Å². The molecule has 0 saturated heterocycles. The molecule has 0 radical (unpaired) electrons. The van der Waals surface area contributed by atoms with E-state index in [0.29, 0.717) is 24.4 Å². The monoisotopic (exact) mass is 342 g/mol. The Kier molecular flexibility index (Phi) is 6.39. The van der Waals surface area contributed by atoms with E-state index in [2.05, 4.69) is 5.32 Å². The summed E-state index contributed by atoms with van der Waals surface area (Å²) in [6, 6.07) is 14.1. The van der Waals surface area contributed by atoms with E-state index in [1.807, 2.05) is 24.3 Å². The minimum Gasteiger partial charge on any atom is -0.497 e. The van der Waals surface area contributed by atoms with Gasteiger partial charge in [0.25, 0.3) is 5.91 Å². The van der Waals surface area contributed by atoms with Crippen molar-refractivity contribution in [3.63, 3.8) is 0 Å². The van der Waals surface area contributed by atoms with E-state index in [1.54, 1.807) is 43.3 Å². The van der Waals surface area contributed by atoms with Crippen LogP contribution < -0.4 is 14.8 Å². The number of rotatable bonds is 7. The molecule has 0 fully saturated rings. The van der Waals surface area contributed by atoms with Crippen LogP contribution in [-0.2, 0) is 4.79 Å². The second kappa shape index (κ2) is 8.73. The Morgan fingerprint density at radius 1 is 1.00 bits per heavy atom. The van der Waals surface area contributed by atoms with Crippen LogP contribution >= 0.6 is 0 Å². The number of hydrogen-bond donors (Lipinski definition) is 1. The fraction of sp³-hybridized carbons (Fsp3) is 0.263. The minimum absolute atomic E-state index is 0.104. The maximum Gasteiger partial charge on any atom is 0.253 e. The number of ether oxygens (including phenoxy) is 2. The van der Waals surface area contributed by atoms with Gasteiger partial charge in [-0.1, -0.05) is 0 Å². The van der Waals surface area contributed by atoms with Crippen molar-refractivity contribution in [2.75, 3.05) is 32.6 Å². The van der Waals surface area contributed by atoms with Gasteiger partial charge in [-0.2, -0.15) is 0 Å². The SMILES string of the molecule is COc1ccc(OCCN(C)C(=O)c2ccc(NC(C)=O)cc2)cc1. The summed E-state index contributed by atoms with van der Waals surface area (Å²) in [4.78, 5) is 25.0. The zero-order valence-corrected chi connectivity index (χ0v) is 14.6. The Balaban J connectivity index is 1.83. The molecule has 1 N–H and O–H groups in total. The summed E-state index contributed by atoms with van der Waals surface area (Å²) in [5.41, 5.74) is 1.22. The van der Waals surface area contributed by atoms with Crippen LogP contribution in [0, 0.1) is 0 Å². The summed E-state index contributed by atoms with van der Waals surface area (Å²) in [6.07, 6.45) is 0. The third kappa shape index (κ3) is 5.53. The molecular weight excluding hydrogens is 320 g/mol. The second-order valence-electron chi connectivity index (χ2n) is 5.51. The van der Waals surface area contributed by atoms with Crippen molar-refractivity contribution in [1.29, 1.82) is 0 Å². The van der Waals surface area contributed by atoms with Gasteiger partial charge in [0.15, 0.2) is 0 Å². The van der Waals surface area contributed by atoms with Crippen molar-refractivity contribution >= 4 is 17.5 Å². The molecule has 0 atom stereocenters. The highest BCUT2D eigenvalue weighted by molar-refractivity contribution is 5.95. The fourth-order valence-electron chi connectivity index (χ4n) is 2.19. The Bertz CT molecular complexity index is 711. The number of carbonyl (C=O) groups is 2. The average Bonchev–Trinajstić information content (AvgIpc) is 2.61. The molecule has 0 saturated carbocycles. The van der Waals surface area contributed by atoms with Gasteiger partial charge < -0.3 is 19.7 Å². The molecule has 0 heterocycles. The van der Waals surface area contributed by atoms with E-state index in [1.165, 1.54) is 6.92 Å². The van der Waals surface area contributed by atoms with E-state index in [4.69, 9.17) is 9.47 Å². The van der Waals surface area contributed by atoms with Gasteiger partial charge in [0.1, 0.15) is 18.1 Å². The van der Waals surface area contributed by atoms with Crippen molar-refractivity contribution in [2.45, 2.75) is 6.92 Å². The van der Waals surface area contributed by atoms with Crippen LogP contribution in [0.2, 0.25) is 0 Å². The summed E-state index contributed by atoms with van der Waals surface area (Å²) in [7, 11) is 3.33. The molecule has 6 nitrogen and oxygen atoms in total. The van der Waals surface area contributed by atoms with Crippen LogP contribution in [0.4, 0.5) is 5.69 Å². The molecule has 0 bridgehead atoms. The standard InChI is InChI=1S/C19H22N2O4/c1-14(22)20-16-6-4-15(5-7-16)19(23)21(2)12-13-25-18-10-8-17(24-3)9-11-18/h4-11H,12-13H2,1-3H3,(H,20,22). The zero-order valence-electron chi connectivity index (χ0n) is 14.6. The van der Waals surface area contributed by atoms with Gasteiger partial charge in [-0.05, 0) is 48.5 Å². The number of amides is 2. The third-order valence-corrected chi connectivity index (χ3v) is 3.55. The molecule has 2 aromatic carbocycles. The lowest BCUT2D eigenvalue weighted by Crippen LogP contribution is -2.30. The molecule has 25 heavy (non-hydrogen) atoms. The summed E-state index contributed by atoms with van der Waals surface area (Å²) in [5.74, 6) is 1.24. The average molecular weight is 342 g/mol. The molecule has 0 aliphatic carbocycles. The molecule has 2 aromatic rings. The predicted octanol–water partition coefficient (Wildman–Crippen LogP) is 2.80. The summed E-state index contributed by atoms with van der Waals surface area (Å²) < 4.78 is 10.7. The number of nitrogens with zero attached hydrogens (tertiary/aromatic N) is 1. The molecule has 0 aromatic heterocycles. The number of carbonyl (C=O) groups excluding carboxylic acids is 2. The summed E-state index contributed by atoms with van der Waals surface area (Å²) >= 11 is 0. The topological polar surface area (TPSA) is 67.9 Å². The predicted molar refractivity (Wildman–Crippen MR) is 96.2 cm³/mol. The van der Waals surface area contributed by atoms with Gasteiger partial charge >= 0.3 is 0 Å². The highest BCUT2D eigenvalue weighted by Crippen LogP contribution is 2.17. The fourth-order valence-corrected chi connectivity index (χ4v) is 2.19. The maximum absolute atomic E-state index is 12.4. The van der Waals surface area contributed by atoms with Crippen molar-refractivity contribution < 1.29 is 19.1 Å². The second-order valence-corrected chi connectivity index (χ2v) is 5.51. The van der Waals surface area contributed by atoms with Crippen LogP contribution in [0.3, 0.4) is 0 Å². The van der Waals surface area contributed by atoms with Gasteiger partial charge in [-0.25, -0.2) is 0 Å². The van der Waals surface area contributed by atoms with Crippen LogP contribution in [0.15, 0.2) is 48.5 Å². The van der Waals surface area contributed by atoms with E-state index >= 15 is 0 Å². The molecule has 2 rings (SSSR count). The highest BCUT2D eigenvalue weighted by atomic mass is 16.5. The van der Waals surface area contributed by atoms with Crippen molar-refractivity contribution in [3.8, 4) is 11.5 Å². The zero-order chi connectivity index (χ0) is 18.2. The van der Waals surface area contributed by atoms with Crippen molar-refractivity contribution in [1.82, 2.24) is 4.90 Å². The van der Waals surface area contributed by atoms with Gasteiger partial charge in [-0.15, -0.1) is 0 Å². The van der Waals surface area contributed by atoms with Gasteiger partial charge in [0, 0.05) is 25.2 Å². The van der Waals surface area contributed by atoms with Gasteiger partial charge in [0.2, 0.25) is 5.91 Å². The van der Waals surface area contributed by atoms with Gasteiger partial charge in [-0.3, -0.25) is 9.59 Å². The number of likely N-dealkylation sites (N-methyl/N-ethyl adjacent to an activating group) is 1. The minimum atomic E-state index is -0.146. The van der Waals surface area contributed by atoms with Crippen molar-refractivity contribution in [3.05, 3.63) is 54.1 Å². The quantitative estimate of drug-likeness (QED) is 0.840. The highest BCUT2D eigenvalue weighted by Gasteiger charge is 2.11. The summed E-state index contributed by atoms with van der Waals surface area (Å²) in [6.45, 7) is 2.28. The van der Waals surface area contributed by atoms with Crippen LogP contribution in [0.5, 0.6) is 11.5 Å². The number of anilines is 1. The number of nitrogens with one attached hydrogen (secondary N) is 1. The largest absolute Gasteiger partial charge is 0.497 e. The first-order valence-corrected chi connectivity index (χ1v) is 7.89. The molecule has 0 spiro atoms. The Labute approximate surface area is 147 Å². The Hall–Kier alpha value is -3.02. The molecule has 0 aliphatic heterocycles. The number of hydrogen-bond acceptors (Lipinski definition) is 4. The smallest absolute Gasteiger partial charge is 0.253 e. The molecule has 0 unspecified atom stereocenters. The van der Waals surface area contributed by atoms with Crippen molar-refractivity contribution in [2.24, 2.45) is 0 Å². The molecule has 2 amide bonds. The maximum atomic E-state index is 12.4. The molecule has 6 heteroatoms. The van der Waals surface area contributed by atoms with Crippen LogP contribution in [0.1, 0.15) is 17.3 Å². The molecular formula is C19H22N2O4. The van der Waals surface area contributed by atoms with E-state index in [-0.39, 0.29) is 11.8 Å². The molecule has 132 valence electrons. The van der Waals surface area contributed by atoms with E-state index < -0.39 is 0 Å². The van der Waals surface area contributed by atoms with E-state index in [0.717, 1.165) is 11.5 Å². The lowest BCUT2D eigenvalue weighted by molar-refractivity contribution is -0.114. The first-order valence-electron chi connectivity index (χ1n) is 7.89. The Morgan fingerprint density at radius 3 is 2.16 bits per heavy atom. The summed E-state index contributed by atoms with van der Waals surface area (Å²) in [5, 5.41) is 2.67. The first-order chi connectivity index (χ1) is 12.0. The third-order valence-electron chi connectivity index (χ3n) is 3.55. The lowest BCUT2D eigenvalue weighted by Gasteiger charge is -2.18. The lowest BCUT2D eigenvalue weighted by atomic mass is 10.2. The number of benzene rings is 2. The Morgan fingerprint density at radius 2 is 1.60 bits per heavy atom. The van der Waals surface area contributed by atoms with Gasteiger partial charge in [0.05, 0.1) is 13.7 Å².